The maximum Gasteiger partial charge on any atom is 0.230 e. The number of nitrogens with zero attached hydrogens (tertiary/aromatic N) is 4. The van der Waals surface area contributed by atoms with Gasteiger partial charge in [0, 0.05) is 25.6 Å². The second kappa shape index (κ2) is 6.54. The van der Waals surface area contributed by atoms with Gasteiger partial charge in [0.1, 0.15) is 5.82 Å². The summed E-state index contributed by atoms with van der Waals surface area (Å²) in [6, 6.07) is 0.565. The molecule has 6 nitrogen and oxygen atoms in total. The van der Waals surface area contributed by atoms with Gasteiger partial charge in [-0.25, -0.2) is 0 Å². The number of aryl methyl sites for hydroxylation is 1. The van der Waals surface area contributed by atoms with Crippen LogP contribution < -0.4 is 10.2 Å². The van der Waals surface area contributed by atoms with Gasteiger partial charge in [0.05, 0.1) is 12.2 Å². The predicted molar refractivity (Wildman–Crippen MR) is 87.8 cm³/mol. The zero-order valence-electron chi connectivity index (χ0n) is 13.0. The van der Waals surface area contributed by atoms with Gasteiger partial charge in [0.2, 0.25) is 11.9 Å². The Balaban J connectivity index is 0.00000144. The summed E-state index contributed by atoms with van der Waals surface area (Å²) < 4.78 is 5.90. The van der Waals surface area contributed by atoms with E-state index in [0.717, 1.165) is 43.7 Å². The molecule has 3 aliphatic rings. The Kier molecular flexibility index (Phi) is 4.68. The number of fused-ring (bicyclic) bond motifs is 2. The third-order valence-corrected chi connectivity index (χ3v) is 4.38. The lowest BCUT2D eigenvalue weighted by molar-refractivity contribution is 0.0299. The number of ether oxygens (including phenoxy) is 1. The first kappa shape index (κ1) is 15.7. The van der Waals surface area contributed by atoms with E-state index in [4.69, 9.17) is 4.74 Å². The summed E-state index contributed by atoms with van der Waals surface area (Å²) in [6.45, 7) is 3.98. The maximum atomic E-state index is 5.90. The maximum absolute atomic E-state index is 5.90. The fourth-order valence-electron chi connectivity index (χ4n) is 3.14. The van der Waals surface area contributed by atoms with E-state index >= 15 is 0 Å². The van der Waals surface area contributed by atoms with Crippen molar-refractivity contribution in [1.82, 2.24) is 15.0 Å². The molecule has 122 valence electrons. The number of hydrogen-bond acceptors (Lipinski definition) is 6. The van der Waals surface area contributed by atoms with Gasteiger partial charge in [-0.3, -0.25) is 0 Å². The second-order valence-corrected chi connectivity index (χ2v) is 6.41. The lowest BCUT2D eigenvalue weighted by Crippen LogP contribution is -2.43. The molecule has 7 heteroatoms. The number of morpholine rings is 1. The lowest BCUT2D eigenvalue weighted by Gasteiger charge is -2.32. The molecule has 22 heavy (non-hydrogen) atoms. The Hall–Kier alpha value is -1.14. The molecule has 0 spiro atoms. The van der Waals surface area contributed by atoms with Crippen LogP contribution in [0.25, 0.3) is 0 Å². The largest absolute Gasteiger partial charge is 0.371 e. The molecule has 2 saturated heterocycles. The highest BCUT2D eigenvalue weighted by Crippen LogP contribution is 2.29. The number of rotatable bonds is 5. The summed E-state index contributed by atoms with van der Waals surface area (Å²) in [5, 5.41) is 3.41. The van der Waals surface area contributed by atoms with E-state index < -0.39 is 0 Å². The van der Waals surface area contributed by atoms with E-state index in [-0.39, 0.29) is 12.4 Å². The van der Waals surface area contributed by atoms with Crippen molar-refractivity contribution in [3.8, 4) is 0 Å². The predicted octanol–water partition coefficient (Wildman–Crippen LogP) is 2.19. The van der Waals surface area contributed by atoms with Crippen molar-refractivity contribution in [1.29, 1.82) is 0 Å². The molecule has 3 fully saturated rings. The minimum atomic E-state index is 0. The molecular weight excluding hydrogens is 302 g/mol. The first-order valence-corrected chi connectivity index (χ1v) is 8.22. The van der Waals surface area contributed by atoms with Gasteiger partial charge in [-0.15, -0.1) is 12.4 Å². The SMILES string of the molecule is CCCc1nc(NC2CC2)nc(N2CC3CCC(C2)O3)n1.Cl. The van der Waals surface area contributed by atoms with Crippen LogP contribution in [0.2, 0.25) is 0 Å². The number of nitrogens with one attached hydrogen (secondary N) is 1. The van der Waals surface area contributed by atoms with Crippen molar-refractivity contribution in [3.05, 3.63) is 5.82 Å². The highest BCUT2D eigenvalue weighted by molar-refractivity contribution is 5.85. The van der Waals surface area contributed by atoms with Crippen molar-refractivity contribution < 1.29 is 4.74 Å². The summed E-state index contributed by atoms with van der Waals surface area (Å²) in [6.07, 6.45) is 7.47. The smallest absolute Gasteiger partial charge is 0.230 e. The Bertz CT molecular complexity index is 513. The standard InChI is InChI=1S/C15H23N5O.ClH/c1-2-3-13-17-14(16-10-4-5-10)19-15(18-13)20-8-11-6-7-12(9-20)21-11;/h10-12H,2-9H2,1H3,(H,16,17,18,19);1H. The number of anilines is 2. The van der Waals surface area contributed by atoms with Crippen molar-refractivity contribution in [3.63, 3.8) is 0 Å². The number of halogens is 1. The molecule has 1 aromatic heterocycles. The molecule has 1 N–H and O–H groups in total. The fraction of sp³-hybridized carbons (Fsp3) is 0.800. The Labute approximate surface area is 137 Å². The molecule has 0 aromatic carbocycles. The average molecular weight is 326 g/mol. The van der Waals surface area contributed by atoms with Crippen molar-refractivity contribution in [2.24, 2.45) is 0 Å². The Morgan fingerprint density at radius 3 is 2.45 bits per heavy atom. The zero-order chi connectivity index (χ0) is 14.2. The van der Waals surface area contributed by atoms with Gasteiger partial charge in [-0.05, 0) is 32.1 Å². The van der Waals surface area contributed by atoms with Gasteiger partial charge >= 0.3 is 0 Å². The summed E-state index contributed by atoms with van der Waals surface area (Å²) in [7, 11) is 0. The Morgan fingerprint density at radius 1 is 1.09 bits per heavy atom. The molecule has 1 saturated carbocycles. The minimum Gasteiger partial charge on any atom is -0.371 e. The van der Waals surface area contributed by atoms with Crippen molar-refractivity contribution >= 4 is 24.3 Å². The van der Waals surface area contributed by atoms with Crippen LogP contribution in [0.3, 0.4) is 0 Å². The van der Waals surface area contributed by atoms with Gasteiger partial charge in [-0.1, -0.05) is 6.92 Å². The molecule has 3 heterocycles. The summed E-state index contributed by atoms with van der Waals surface area (Å²) in [5.41, 5.74) is 0. The molecule has 2 aliphatic heterocycles. The topological polar surface area (TPSA) is 63.2 Å². The normalized spacial score (nSPS) is 26.7. The van der Waals surface area contributed by atoms with Crippen LogP contribution in [0.15, 0.2) is 0 Å². The second-order valence-electron chi connectivity index (χ2n) is 6.41. The molecule has 1 aliphatic carbocycles. The van der Waals surface area contributed by atoms with Crippen molar-refractivity contribution in [2.45, 2.75) is 63.7 Å². The number of aromatic nitrogens is 3. The Morgan fingerprint density at radius 2 is 1.82 bits per heavy atom. The third-order valence-electron chi connectivity index (χ3n) is 4.38. The first-order valence-electron chi connectivity index (χ1n) is 8.22. The lowest BCUT2D eigenvalue weighted by atomic mass is 10.2. The highest BCUT2D eigenvalue weighted by Gasteiger charge is 2.35. The van der Waals surface area contributed by atoms with E-state index in [2.05, 4.69) is 32.1 Å². The van der Waals surface area contributed by atoms with Crippen LogP contribution in [0.4, 0.5) is 11.9 Å². The minimum absolute atomic E-state index is 0. The molecule has 1 aromatic rings. The van der Waals surface area contributed by atoms with Crippen LogP contribution in [0.1, 0.15) is 44.9 Å². The van der Waals surface area contributed by atoms with Crippen LogP contribution in [-0.2, 0) is 11.2 Å². The first-order chi connectivity index (χ1) is 10.3. The average Bonchev–Trinajstić information content (AvgIpc) is 3.23. The van der Waals surface area contributed by atoms with Gasteiger partial charge in [-0.2, -0.15) is 15.0 Å². The van der Waals surface area contributed by atoms with Crippen LogP contribution in [0.5, 0.6) is 0 Å². The summed E-state index contributed by atoms with van der Waals surface area (Å²) in [4.78, 5) is 16.2. The monoisotopic (exact) mass is 325 g/mol. The number of hydrogen-bond donors (Lipinski definition) is 1. The third kappa shape index (κ3) is 3.43. The fourth-order valence-corrected chi connectivity index (χ4v) is 3.14. The molecule has 0 amide bonds. The molecule has 2 unspecified atom stereocenters. The molecule has 0 radical (unpaired) electrons. The van der Waals surface area contributed by atoms with E-state index in [1.807, 2.05) is 0 Å². The van der Waals surface area contributed by atoms with E-state index in [9.17, 15) is 0 Å². The summed E-state index contributed by atoms with van der Waals surface area (Å²) in [5.74, 6) is 2.49. The van der Waals surface area contributed by atoms with Crippen LogP contribution in [0, 0.1) is 0 Å². The van der Waals surface area contributed by atoms with Crippen LogP contribution >= 0.6 is 12.4 Å². The summed E-state index contributed by atoms with van der Waals surface area (Å²) >= 11 is 0. The molecular formula is C15H24ClN5O. The van der Waals surface area contributed by atoms with E-state index in [1.54, 1.807) is 0 Å². The molecule has 4 rings (SSSR count). The van der Waals surface area contributed by atoms with Gasteiger partial charge < -0.3 is 15.0 Å². The molecule has 2 bridgehead atoms. The van der Waals surface area contributed by atoms with Gasteiger partial charge in [0.15, 0.2) is 0 Å². The van der Waals surface area contributed by atoms with Gasteiger partial charge in [0.25, 0.3) is 0 Å². The zero-order valence-corrected chi connectivity index (χ0v) is 13.8. The van der Waals surface area contributed by atoms with E-state index in [1.165, 1.54) is 25.7 Å². The van der Waals surface area contributed by atoms with E-state index in [0.29, 0.717) is 18.2 Å². The van der Waals surface area contributed by atoms with Crippen molar-refractivity contribution in [2.75, 3.05) is 23.3 Å². The quantitative estimate of drug-likeness (QED) is 0.895. The highest BCUT2D eigenvalue weighted by atomic mass is 35.5. The molecule has 2 atom stereocenters. The van der Waals surface area contributed by atoms with Crippen LogP contribution in [-0.4, -0.2) is 46.3 Å².